The summed E-state index contributed by atoms with van der Waals surface area (Å²) in [4.78, 5) is 0.124. The van der Waals surface area contributed by atoms with Crippen LogP contribution in [0.15, 0.2) is 47.4 Å². The summed E-state index contributed by atoms with van der Waals surface area (Å²) >= 11 is 16.9. The van der Waals surface area contributed by atoms with Gasteiger partial charge in [0.25, 0.3) is 10.0 Å². The Labute approximate surface area is 169 Å². The van der Waals surface area contributed by atoms with Crippen LogP contribution in [0.5, 0.6) is 0 Å². The number of hydrogen-bond donors (Lipinski definition) is 3. The molecule has 3 N–H and O–H groups in total. The van der Waals surface area contributed by atoms with Gasteiger partial charge in [0, 0.05) is 12.2 Å². The van der Waals surface area contributed by atoms with Crippen LogP contribution in [-0.2, 0) is 10.0 Å². The third-order valence-electron chi connectivity index (χ3n) is 3.41. The molecule has 26 heavy (non-hydrogen) atoms. The van der Waals surface area contributed by atoms with Crippen LogP contribution >= 0.6 is 35.4 Å². The molecule has 0 amide bonds. The summed E-state index contributed by atoms with van der Waals surface area (Å²) < 4.78 is 27.4. The lowest BCUT2D eigenvalue weighted by atomic mass is 10.3. The largest absolute Gasteiger partial charge is 0.362 e. The number of halogens is 2. The van der Waals surface area contributed by atoms with Crippen molar-refractivity contribution >= 4 is 61.9 Å². The molecular formula is C17H19Cl2N3O2S2. The molecule has 0 saturated heterocycles. The van der Waals surface area contributed by atoms with Gasteiger partial charge in [-0.2, -0.15) is 0 Å². The summed E-state index contributed by atoms with van der Waals surface area (Å²) in [7, 11) is -3.73. The second-order valence-electron chi connectivity index (χ2n) is 5.49. The molecule has 0 heterocycles. The Morgan fingerprint density at radius 3 is 2.31 bits per heavy atom. The van der Waals surface area contributed by atoms with Gasteiger partial charge in [-0.15, -0.1) is 0 Å². The summed E-state index contributed by atoms with van der Waals surface area (Å²) in [5.41, 5.74) is 1.04. The van der Waals surface area contributed by atoms with Gasteiger partial charge in [-0.25, -0.2) is 8.42 Å². The van der Waals surface area contributed by atoms with E-state index in [-0.39, 0.29) is 9.92 Å². The van der Waals surface area contributed by atoms with E-state index in [1.807, 2.05) is 0 Å². The zero-order valence-corrected chi connectivity index (χ0v) is 17.2. The average Bonchev–Trinajstić information content (AvgIpc) is 2.59. The first-order chi connectivity index (χ1) is 12.3. The molecule has 9 heteroatoms. The molecule has 140 valence electrons. The molecule has 0 aliphatic carbocycles. The fraction of sp³-hybridized carbons (Fsp3) is 0.235. The van der Waals surface area contributed by atoms with Crippen molar-refractivity contribution in [3.05, 3.63) is 52.5 Å². The molecule has 5 nitrogen and oxygen atoms in total. The first-order valence-corrected chi connectivity index (χ1v) is 10.6. The number of thiocarbonyl (C=S) groups is 1. The average molecular weight is 432 g/mol. The fourth-order valence-electron chi connectivity index (χ4n) is 2.05. The van der Waals surface area contributed by atoms with E-state index in [4.69, 9.17) is 35.4 Å². The summed E-state index contributed by atoms with van der Waals surface area (Å²) in [6.45, 7) is 2.89. The Hall–Kier alpha value is -1.54. The Balaban J connectivity index is 2.03. The maximum Gasteiger partial charge on any atom is 0.261 e. The molecule has 0 aliphatic rings. The van der Waals surface area contributed by atoms with Gasteiger partial charge in [-0.1, -0.05) is 36.5 Å². The van der Waals surface area contributed by atoms with Crippen molar-refractivity contribution < 1.29 is 8.42 Å². The van der Waals surface area contributed by atoms with Gasteiger partial charge in [0.1, 0.15) is 0 Å². The number of anilines is 2. The van der Waals surface area contributed by atoms with E-state index in [0.717, 1.165) is 19.4 Å². The van der Waals surface area contributed by atoms with Gasteiger partial charge in [-0.3, -0.25) is 4.72 Å². The van der Waals surface area contributed by atoms with Crippen LogP contribution in [0, 0.1) is 0 Å². The minimum atomic E-state index is -3.73. The normalized spacial score (nSPS) is 11.0. The monoisotopic (exact) mass is 431 g/mol. The van der Waals surface area contributed by atoms with E-state index in [1.165, 1.54) is 24.3 Å². The number of hydrogen-bond acceptors (Lipinski definition) is 3. The first kappa shape index (κ1) is 20.8. The predicted octanol–water partition coefficient (Wildman–Crippen LogP) is 4.88. The van der Waals surface area contributed by atoms with Gasteiger partial charge in [-0.05, 0) is 61.1 Å². The van der Waals surface area contributed by atoms with E-state index >= 15 is 0 Å². The maximum absolute atomic E-state index is 12.5. The lowest BCUT2D eigenvalue weighted by Crippen LogP contribution is -2.29. The summed E-state index contributed by atoms with van der Waals surface area (Å²) in [5.74, 6) is 0. The first-order valence-electron chi connectivity index (χ1n) is 7.94. The van der Waals surface area contributed by atoms with Crippen molar-refractivity contribution in [2.45, 2.75) is 24.7 Å². The van der Waals surface area contributed by atoms with Crippen LogP contribution in [0.3, 0.4) is 0 Å². The van der Waals surface area contributed by atoms with Crippen molar-refractivity contribution in [2.24, 2.45) is 0 Å². The van der Waals surface area contributed by atoms with Crippen LogP contribution < -0.4 is 15.4 Å². The molecule has 2 aromatic carbocycles. The molecule has 2 aromatic rings. The topological polar surface area (TPSA) is 70.2 Å². The fourth-order valence-corrected chi connectivity index (χ4v) is 3.61. The maximum atomic E-state index is 12.5. The summed E-state index contributed by atoms with van der Waals surface area (Å²) in [5, 5.41) is 7.23. The highest BCUT2D eigenvalue weighted by Gasteiger charge is 2.15. The third kappa shape index (κ3) is 6.02. The van der Waals surface area contributed by atoms with Crippen LogP contribution in [0.2, 0.25) is 10.0 Å². The molecule has 0 bridgehead atoms. The Morgan fingerprint density at radius 2 is 1.69 bits per heavy atom. The Kier molecular flexibility index (Phi) is 7.52. The standard InChI is InChI=1S/C17H19Cl2N3O2S2/c1-2-3-10-20-17(25)21-12-4-7-14(8-5-12)26(23,24)22-13-6-9-15(18)16(19)11-13/h4-9,11,22H,2-3,10H2,1H3,(H2,20,21,25). The van der Waals surface area contributed by atoms with Gasteiger partial charge in [0.2, 0.25) is 0 Å². The highest BCUT2D eigenvalue weighted by molar-refractivity contribution is 7.92. The van der Waals surface area contributed by atoms with Gasteiger partial charge < -0.3 is 10.6 Å². The number of sulfonamides is 1. The van der Waals surface area contributed by atoms with E-state index in [1.54, 1.807) is 18.2 Å². The number of unbranched alkanes of at least 4 members (excludes halogenated alkanes) is 1. The highest BCUT2D eigenvalue weighted by Crippen LogP contribution is 2.26. The minimum absolute atomic E-state index is 0.124. The third-order valence-corrected chi connectivity index (χ3v) is 5.79. The van der Waals surface area contributed by atoms with Crippen molar-refractivity contribution in [3.8, 4) is 0 Å². The number of rotatable bonds is 7. The molecule has 0 atom stereocenters. The molecule has 0 radical (unpaired) electrons. The SMILES string of the molecule is CCCCNC(=S)Nc1ccc(S(=O)(=O)Nc2ccc(Cl)c(Cl)c2)cc1. The van der Waals surface area contributed by atoms with Gasteiger partial charge in [0.05, 0.1) is 20.6 Å². The molecule has 0 spiro atoms. The van der Waals surface area contributed by atoms with E-state index in [9.17, 15) is 8.42 Å². The van der Waals surface area contributed by atoms with E-state index in [0.29, 0.717) is 21.5 Å². The molecule has 0 saturated carbocycles. The minimum Gasteiger partial charge on any atom is -0.362 e. The lowest BCUT2D eigenvalue weighted by molar-refractivity contribution is 0.601. The van der Waals surface area contributed by atoms with Gasteiger partial charge >= 0.3 is 0 Å². The molecule has 2 rings (SSSR count). The predicted molar refractivity (Wildman–Crippen MR) is 113 cm³/mol. The molecule has 0 unspecified atom stereocenters. The van der Waals surface area contributed by atoms with Crippen molar-refractivity contribution in [2.75, 3.05) is 16.6 Å². The lowest BCUT2D eigenvalue weighted by Gasteiger charge is -2.12. The van der Waals surface area contributed by atoms with Crippen LogP contribution in [0.25, 0.3) is 0 Å². The summed E-state index contributed by atoms with van der Waals surface area (Å²) in [6.07, 6.45) is 2.10. The second kappa shape index (κ2) is 9.41. The quantitative estimate of drug-likeness (QED) is 0.430. The van der Waals surface area contributed by atoms with Crippen LogP contribution in [-0.4, -0.2) is 20.1 Å². The molecule has 0 fully saturated rings. The zero-order valence-electron chi connectivity index (χ0n) is 14.1. The molecule has 0 aliphatic heterocycles. The smallest absolute Gasteiger partial charge is 0.261 e. The Morgan fingerprint density at radius 1 is 1.04 bits per heavy atom. The van der Waals surface area contributed by atoms with Crippen LogP contribution in [0.4, 0.5) is 11.4 Å². The molecular weight excluding hydrogens is 413 g/mol. The van der Waals surface area contributed by atoms with Crippen molar-refractivity contribution in [1.82, 2.24) is 5.32 Å². The summed E-state index contributed by atoms with van der Waals surface area (Å²) in [6, 6.07) is 10.8. The van der Waals surface area contributed by atoms with E-state index < -0.39 is 10.0 Å². The van der Waals surface area contributed by atoms with Crippen molar-refractivity contribution in [1.29, 1.82) is 0 Å². The Bertz CT molecular complexity index is 872. The van der Waals surface area contributed by atoms with Crippen LogP contribution in [0.1, 0.15) is 19.8 Å². The number of benzene rings is 2. The second-order valence-corrected chi connectivity index (χ2v) is 8.40. The molecule has 0 aromatic heterocycles. The van der Waals surface area contributed by atoms with E-state index in [2.05, 4.69) is 22.3 Å². The highest BCUT2D eigenvalue weighted by atomic mass is 35.5. The zero-order chi connectivity index (χ0) is 19.2. The number of nitrogens with one attached hydrogen (secondary N) is 3. The van der Waals surface area contributed by atoms with Gasteiger partial charge in [0.15, 0.2) is 5.11 Å². The van der Waals surface area contributed by atoms with Crippen molar-refractivity contribution in [3.63, 3.8) is 0 Å².